The van der Waals surface area contributed by atoms with Gasteiger partial charge in [-0.25, -0.2) is 4.98 Å². The zero-order chi connectivity index (χ0) is 25.6. The number of aromatic nitrogens is 3. The lowest BCUT2D eigenvalue weighted by molar-refractivity contribution is -0.0497. The third kappa shape index (κ3) is 3.74. The van der Waals surface area contributed by atoms with Crippen LogP contribution in [0.3, 0.4) is 0 Å². The molecule has 3 rings (SSSR count). The first-order valence-electron chi connectivity index (χ1n) is 10.8. The molecule has 2 aromatic heterocycles. The molecule has 3 aromatic rings. The van der Waals surface area contributed by atoms with Crippen molar-refractivity contribution in [3.63, 3.8) is 0 Å². The first-order valence-corrected chi connectivity index (χ1v) is 7.92. The number of fused-ring (bicyclic) bond motifs is 1. The predicted octanol–water partition coefficient (Wildman–Crippen LogP) is 2.88. The Labute approximate surface area is 161 Å². The Balaban J connectivity index is 2.13. The summed E-state index contributed by atoms with van der Waals surface area (Å²) in [6, 6.07) is -1.24. The monoisotopic (exact) mass is 391 g/mol. The van der Waals surface area contributed by atoms with Crippen LogP contribution < -0.4 is 14.2 Å². The van der Waals surface area contributed by atoms with E-state index in [9.17, 15) is 13.0 Å². The quantitative estimate of drug-likeness (QED) is 0.667. The molecule has 0 bridgehead atoms. The molecule has 0 radical (unpaired) electrons. The van der Waals surface area contributed by atoms with Crippen molar-refractivity contribution in [2.24, 2.45) is 0 Å². The first kappa shape index (κ1) is 10.4. The van der Waals surface area contributed by atoms with E-state index in [1.807, 2.05) is 0 Å². The molecule has 10 heteroatoms. The Morgan fingerprint density at radius 3 is 3.04 bits per heavy atom. The van der Waals surface area contributed by atoms with E-state index in [-0.39, 0.29) is 5.52 Å². The highest BCUT2D eigenvalue weighted by molar-refractivity contribution is 7.84. The van der Waals surface area contributed by atoms with E-state index in [0.29, 0.717) is 0 Å². The van der Waals surface area contributed by atoms with Gasteiger partial charge in [0.05, 0.1) is 55.6 Å². The highest BCUT2D eigenvalue weighted by Crippen LogP contribution is 2.30. The van der Waals surface area contributed by atoms with Gasteiger partial charge >= 0.3 is 6.61 Å². The van der Waals surface area contributed by atoms with E-state index < -0.39 is 81.9 Å². The van der Waals surface area contributed by atoms with E-state index in [4.69, 9.17) is 20.4 Å². The number of methoxy groups -OCH3 is 2. The molecule has 2 heterocycles. The van der Waals surface area contributed by atoms with Crippen molar-refractivity contribution in [3.05, 3.63) is 36.1 Å². The van der Waals surface area contributed by atoms with Crippen LogP contribution in [-0.4, -0.2) is 39.9 Å². The largest absolute Gasteiger partial charge is 0.493 e. The van der Waals surface area contributed by atoms with Crippen molar-refractivity contribution in [2.75, 3.05) is 14.1 Å². The second kappa shape index (κ2) is 7.65. The minimum absolute atomic E-state index is 0.379. The summed E-state index contributed by atoms with van der Waals surface area (Å²) in [5.41, 5.74) is -4.26. The number of nitrogens with one attached hydrogen (secondary N) is 1. The molecule has 0 aliphatic heterocycles. The molecule has 0 saturated carbocycles. The molecule has 1 atom stereocenters. The van der Waals surface area contributed by atoms with E-state index in [1.54, 1.807) is 0 Å². The second-order valence-corrected chi connectivity index (χ2v) is 5.64. The summed E-state index contributed by atoms with van der Waals surface area (Å²) in [5.74, 6) is -1.75. The Bertz CT molecular complexity index is 1270. The van der Waals surface area contributed by atoms with Crippen molar-refractivity contribution < 1.29 is 38.2 Å². The van der Waals surface area contributed by atoms with Crippen molar-refractivity contribution in [3.8, 4) is 17.2 Å². The summed E-state index contributed by atoms with van der Waals surface area (Å²) in [6.07, 6.45) is 1.01. The normalized spacial score (nSPS) is 17.8. The number of H-pyrrole nitrogens is 1. The number of alkyl halides is 2. The topological polar surface area (TPSA) is 86.3 Å². The number of hydrogen-bond acceptors (Lipinski definition) is 6. The second-order valence-electron chi connectivity index (χ2n) is 4.51. The van der Waals surface area contributed by atoms with Crippen LogP contribution in [0.5, 0.6) is 17.2 Å². The molecule has 1 aromatic carbocycles. The van der Waals surface area contributed by atoms with Gasteiger partial charge in [0.2, 0.25) is 0 Å². The molecule has 0 amide bonds. The average Bonchev–Trinajstić information content (AvgIpc) is 3.18. The van der Waals surface area contributed by atoms with E-state index in [0.717, 1.165) is 19.4 Å². The van der Waals surface area contributed by atoms with Crippen molar-refractivity contribution in [1.82, 2.24) is 15.0 Å². The molecule has 1 unspecified atom stereocenters. The van der Waals surface area contributed by atoms with Gasteiger partial charge in [0, 0.05) is 21.0 Å². The third-order valence-corrected chi connectivity index (χ3v) is 3.89. The molecule has 7 nitrogen and oxygen atoms in total. The molecule has 0 spiro atoms. The fraction of sp³-hybridized carbons (Fsp3) is 0.250. The van der Waals surface area contributed by atoms with Crippen molar-refractivity contribution in [1.29, 1.82) is 0 Å². The van der Waals surface area contributed by atoms with Crippen LogP contribution in [0, 0.1) is 0 Å². The number of rotatable bonds is 7. The number of imidazole rings is 1. The fourth-order valence-electron chi connectivity index (χ4n) is 1.95. The maximum absolute atomic E-state index is 13.1. The number of benzene rings is 1. The maximum Gasteiger partial charge on any atom is 0.387 e. The summed E-state index contributed by atoms with van der Waals surface area (Å²) in [4.78, 5) is 9.98. The molecule has 0 saturated heterocycles. The van der Waals surface area contributed by atoms with Gasteiger partial charge in [0.25, 0.3) is 0 Å². The lowest BCUT2D eigenvalue weighted by Crippen LogP contribution is -2.04. The van der Waals surface area contributed by atoms with Crippen LogP contribution in [0.4, 0.5) is 8.78 Å². The zero-order valence-electron chi connectivity index (χ0n) is 20.9. The average molecular weight is 391 g/mol. The molecule has 1 N–H and O–H groups in total. The number of hydrogen-bond donors (Lipinski definition) is 1. The van der Waals surface area contributed by atoms with E-state index in [2.05, 4.69) is 19.7 Å². The number of pyridine rings is 1. The van der Waals surface area contributed by atoms with Crippen molar-refractivity contribution in [2.45, 2.75) is 17.5 Å². The van der Waals surface area contributed by atoms with E-state index in [1.165, 1.54) is 0 Å². The standard InChI is InChI=1S/C16H15F2N3O4S/c1-23-13-5-6-19-12(14(13)24-2)8-26(22)16-20-10-4-3-9(25-15(17)18)7-11(10)21-16/h3-7,15H,8H2,1-2H3,(H,20,21)/i1D3,3D,4D,7D,8D2. The minimum Gasteiger partial charge on any atom is -0.493 e. The Hall–Kier alpha value is -2.75. The van der Waals surface area contributed by atoms with Gasteiger partial charge in [-0.05, 0) is 12.1 Å². The summed E-state index contributed by atoms with van der Waals surface area (Å²) in [6.45, 7) is -3.38. The molecular weight excluding hydrogens is 368 g/mol. The van der Waals surface area contributed by atoms with Crippen LogP contribution in [-0.2, 0) is 16.5 Å². The predicted molar refractivity (Wildman–Crippen MR) is 90.2 cm³/mol. The van der Waals surface area contributed by atoms with Crippen molar-refractivity contribution >= 4 is 21.8 Å². The summed E-state index contributed by atoms with van der Waals surface area (Å²) in [5, 5.41) is -0.610. The van der Waals surface area contributed by atoms with E-state index >= 15 is 0 Å². The summed E-state index contributed by atoms with van der Waals surface area (Å²) < 4.78 is 115. The Morgan fingerprint density at radius 2 is 2.31 bits per heavy atom. The lowest BCUT2D eigenvalue weighted by Gasteiger charge is -2.10. The highest BCUT2D eigenvalue weighted by Gasteiger charge is 2.17. The molecular formula is C16H15F2N3O4S. The van der Waals surface area contributed by atoms with Crippen LogP contribution >= 0.6 is 0 Å². The smallest absolute Gasteiger partial charge is 0.387 e. The van der Waals surface area contributed by atoms with Gasteiger partial charge in [0.1, 0.15) is 5.75 Å². The van der Waals surface area contributed by atoms with Crippen LogP contribution in [0.25, 0.3) is 11.0 Å². The van der Waals surface area contributed by atoms with Gasteiger partial charge in [-0.15, -0.1) is 0 Å². The number of halogens is 2. The number of ether oxygens (including phenoxy) is 3. The maximum atomic E-state index is 13.1. The molecule has 26 heavy (non-hydrogen) atoms. The highest BCUT2D eigenvalue weighted by atomic mass is 32.2. The minimum atomic E-state index is -3.38. The van der Waals surface area contributed by atoms with Gasteiger partial charge in [-0.3, -0.25) is 9.19 Å². The SMILES string of the molecule is [2H]c1c(OC(F)F)c([2H])c2[nH]c(S(=O)C([2H])([2H])c3nccc(OC([2H])([2H])[2H])c3OC)nc2c1[2H]. The number of nitrogens with zero attached hydrogens (tertiary/aromatic N) is 2. The summed E-state index contributed by atoms with van der Waals surface area (Å²) >= 11 is 0. The molecule has 0 aliphatic carbocycles. The van der Waals surface area contributed by atoms with Gasteiger partial charge in [-0.1, -0.05) is 0 Å². The van der Waals surface area contributed by atoms with Gasteiger partial charge < -0.3 is 19.2 Å². The Kier molecular flexibility index (Phi) is 3.06. The summed E-state index contributed by atoms with van der Waals surface area (Å²) in [7, 11) is -4.57. The molecule has 138 valence electrons. The molecule has 0 fully saturated rings. The van der Waals surface area contributed by atoms with Gasteiger partial charge in [-0.2, -0.15) is 8.78 Å². The van der Waals surface area contributed by atoms with Gasteiger partial charge in [0.15, 0.2) is 16.7 Å². The zero-order valence-corrected chi connectivity index (χ0v) is 13.7. The fourth-order valence-corrected chi connectivity index (χ4v) is 2.73. The lowest BCUT2D eigenvalue weighted by atomic mass is 10.3. The molecule has 0 aliphatic rings. The number of aromatic amines is 1. The first-order chi connectivity index (χ1) is 15.7. The van der Waals surface area contributed by atoms with Crippen LogP contribution in [0.15, 0.2) is 35.5 Å². The third-order valence-electron chi connectivity index (χ3n) is 2.97. The van der Waals surface area contributed by atoms with Crippen LogP contribution in [0.1, 0.15) is 16.7 Å². The Morgan fingerprint density at radius 1 is 1.46 bits per heavy atom. The van der Waals surface area contributed by atoms with Crippen LogP contribution in [0.2, 0.25) is 0 Å².